The van der Waals surface area contributed by atoms with Crippen molar-refractivity contribution in [2.75, 3.05) is 56.2 Å². The number of nitrogens with one attached hydrogen (secondary N) is 1. The number of aliphatic hydroxyl groups excluding tert-OH is 2. The molecule has 12 nitrogen and oxygen atoms in total. The van der Waals surface area contributed by atoms with Crippen LogP contribution in [0.1, 0.15) is 12.0 Å². The number of carbonyl (C=O) groups excluding carboxylic acids is 1. The van der Waals surface area contributed by atoms with Gasteiger partial charge in [-0.3, -0.25) is 4.79 Å². The summed E-state index contributed by atoms with van der Waals surface area (Å²) in [5.41, 5.74) is 2.54. The second-order valence-corrected chi connectivity index (χ2v) is 9.71. The Morgan fingerprint density at radius 1 is 1.17 bits per heavy atom. The minimum atomic E-state index is -1.46. The van der Waals surface area contributed by atoms with Gasteiger partial charge in [-0.15, -0.1) is 0 Å². The first-order chi connectivity index (χ1) is 20.0. The molecule has 0 spiro atoms. The van der Waals surface area contributed by atoms with Gasteiger partial charge in [0.1, 0.15) is 30.9 Å². The minimum absolute atomic E-state index is 0.0176. The van der Waals surface area contributed by atoms with Crippen LogP contribution in [0.25, 0.3) is 11.4 Å². The minimum Gasteiger partial charge on any atom is -0.486 e. The normalized spacial score (nSPS) is 20.8. The Hall–Kier alpha value is -4.38. The van der Waals surface area contributed by atoms with Gasteiger partial charge in [-0.25, -0.2) is 14.4 Å². The SMILES string of the molecule is N#Cc1cc(-c2ncnc(Nc3ccc(N4CCO[C@@H](CO)C4)cc3)n2)ccc1O[C@H]1CCN(C(=O)CO)C[C@@H]1F. The molecule has 5 rings (SSSR count). The van der Waals surface area contributed by atoms with Crippen LogP contribution in [0, 0.1) is 11.3 Å². The average Bonchev–Trinajstić information content (AvgIpc) is 3.02. The fraction of sp³-hybridized carbons (Fsp3) is 0.393. The van der Waals surface area contributed by atoms with E-state index in [0.29, 0.717) is 30.5 Å². The summed E-state index contributed by atoms with van der Waals surface area (Å²) in [4.78, 5) is 28.0. The maximum atomic E-state index is 14.7. The molecular formula is C28H30FN7O5. The largest absolute Gasteiger partial charge is 0.486 e. The van der Waals surface area contributed by atoms with E-state index in [0.717, 1.165) is 17.9 Å². The number of alkyl halides is 1. The van der Waals surface area contributed by atoms with Crippen LogP contribution in [0.3, 0.4) is 0 Å². The molecule has 3 N–H and O–H groups in total. The molecular weight excluding hydrogens is 533 g/mol. The molecule has 2 saturated heterocycles. The third-order valence-corrected chi connectivity index (χ3v) is 7.01. The molecule has 13 heteroatoms. The predicted octanol–water partition coefficient (Wildman–Crippen LogP) is 1.66. The summed E-state index contributed by atoms with van der Waals surface area (Å²) in [5, 5.41) is 31.3. The summed E-state index contributed by atoms with van der Waals surface area (Å²) in [6.07, 6.45) is -0.876. The predicted molar refractivity (Wildman–Crippen MR) is 146 cm³/mol. The van der Waals surface area contributed by atoms with Crippen molar-refractivity contribution < 1.29 is 28.9 Å². The quantitative estimate of drug-likeness (QED) is 0.366. The number of anilines is 3. The zero-order valence-corrected chi connectivity index (χ0v) is 22.2. The number of carbonyl (C=O) groups is 1. The van der Waals surface area contributed by atoms with Crippen molar-refractivity contribution >= 4 is 23.2 Å². The second-order valence-electron chi connectivity index (χ2n) is 9.71. The van der Waals surface area contributed by atoms with Crippen LogP contribution in [0.4, 0.5) is 21.7 Å². The van der Waals surface area contributed by atoms with Crippen molar-refractivity contribution in [3.63, 3.8) is 0 Å². The fourth-order valence-corrected chi connectivity index (χ4v) is 4.81. The molecule has 0 bridgehead atoms. The van der Waals surface area contributed by atoms with Gasteiger partial charge in [0.15, 0.2) is 12.0 Å². The third-order valence-electron chi connectivity index (χ3n) is 7.01. The van der Waals surface area contributed by atoms with Crippen molar-refractivity contribution in [2.24, 2.45) is 0 Å². The number of rotatable bonds is 8. The van der Waals surface area contributed by atoms with E-state index in [1.807, 2.05) is 24.3 Å². The number of nitrogens with zero attached hydrogens (tertiary/aromatic N) is 6. The lowest BCUT2D eigenvalue weighted by atomic mass is 10.0. The first-order valence-corrected chi connectivity index (χ1v) is 13.2. The van der Waals surface area contributed by atoms with Gasteiger partial charge in [-0.1, -0.05) is 0 Å². The number of aliphatic hydroxyl groups is 2. The lowest BCUT2D eigenvalue weighted by molar-refractivity contribution is -0.138. The Labute approximate surface area is 236 Å². The van der Waals surface area contributed by atoms with Gasteiger partial charge in [0.05, 0.1) is 31.4 Å². The molecule has 0 aliphatic carbocycles. The monoisotopic (exact) mass is 563 g/mol. The average molecular weight is 564 g/mol. The maximum Gasteiger partial charge on any atom is 0.248 e. The van der Waals surface area contributed by atoms with E-state index in [9.17, 15) is 19.6 Å². The zero-order valence-electron chi connectivity index (χ0n) is 22.2. The van der Waals surface area contributed by atoms with E-state index < -0.39 is 24.8 Å². The van der Waals surface area contributed by atoms with E-state index >= 15 is 0 Å². The van der Waals surface area contributed by atoms with Crippen molar-refractivity contribution in [3.05, 3.63) is 54.4 Å². The Kier molecular flexibility index (Phi) is 8.83. The molecule has 2 aromatic carbocycles. The number of ether oxygens (including phenoxy) is 2. The molecule has 2 aliphatic rings. The van der Waals surface area contributed by atoms with Gasteiger partial charge in [0, 0.05) is 43.0 Å². The molecule has 0 radical (unpaired) electrons. The van der Waals surface area contributed by atoms with Crippen LogP contribution in [0.2, 0.25) is 0 Å². The number of piperidine rings is 1. The molecule has 3 atom stereocenters. The molecule has 0 unspecified atom stereocenters. The summed E-state index contributed by atoms with van der Waals surface area (Å²) in [7, 11) is 0. The third kappa shape index (κ3) is 6.68. The van der Waals surface area contributed by atoms with Gasteiger partial charge in [0.2, 0.25) is 11.9 Å². The highest BCUT2D eigenvalue weighted by Gasteiger charge is 2.33. The molecule has 1 amide bonds. The van der Waals surface area contributed by atoms with Gasteiger partial charge < -0.3 is 34.8 Å². The van der Waals surface area contributed by atoms with Crippen LogP contribution >= 0.6 is 0 Å². The number of halogens is 1. The number of morpholine rings is 1. The summed E-state index contributed by atoms with van der Waals surface area (Å²) in [6.45, 7) is 1.32. The highest BCUT2D eigenvalue weighted by atomic mass is 19.1. The van der Waals surface area contributed by atoms with Crippen LogP contribution in [-0.2, 0) is 9.53 Å². The highest BCUT2D eigenvalue weighted by molar-refractivity contribution is 5.77. The van der Waals surface area contributed by atoms with Crippen LogP contribution < -0.4 is 15.0 Å². The molecule has 0 saturated carbocycles. The number of benzene rings is 2. The summed E-state index contributed by atoms with van der Waals surface area (Å²) < 4.78 is 26.0. The zero-order chi connectivity index (χ0) is 28.8. The van der Waals surface area contributed by atoms with Crippen molar-refractivity contribution in [2.45, 2.75) is 24.8 Å². The van der Waals surface area contributed by atoms with Gasteiger partial charge >= 0.3 is 0 Å². The van der Waals surface area contributed by atoms with Gasteiger partial charge in [-0.05, 0) is 42.5 Å². The molecule has 214 valence electrons. The summed E-state index contributed by atoms with van der Waals surface area (Å²) >= 11 is 0. The molecule has 2 aliphatic heterocycles. The summed E-state index contributed by atoms with van der Waals surface area (Å²) in [5.74, 6) is 0.354. The van der Waals surface area contributed by atoms with E-state index in [1.165, 1.54) is 11.2 Å². The van der Waals surface area contributed by atoms with E-state index in [1.54, 1.807) is 18.2 Å². The fourth-order valence-electron chi connectivity index (χ4n) is 4.81. The number of hydrogen-bond donors (Lipinski definition) is 3. The number of amides is 1. The lowest BCUT2D eigenvalue weighted by Crippen LogP contribution is -2.50. The smallest absolute Gasteiger partial charge is 0.248 e. The molecule has 41 heavy (non-hydrogen) atoms. The van der Waals surface area contributed by atoms with Crippen molar-refractivity contribution in [3.8, 4) is 23.2 Å². The topological polar surface area (TPSA) is 157 Å². The first-order valence-electron chi connectivity index (χ1n) is 13.2. The van der Waals surface area contributed by atoms with Crippen LogP contribution in [0.15, 0.2) is 48.8 Å². The Balaban J connectivity index is 1.25. The molecule has 3 aromatic rings. The van der Waals surface area contributed by atoms with Crippen molar-refractivity contribution in [1.82, 2.24) is 19.9 Å². The molecule has 1 aromatic heterocycles. The number of likely N-dealkylation sites (tertiary alicyclic amines) is 1. The molecule has 3 heterocycles. The maximum absolute atomic E-state index is 14.7. The Morgan fingerprint density at radius 2 is 2.00 bits per heavy atom. The van der Waals surface area contributed by atoms with E-state index in [4.69, 9.17) is 14.6 Å². The Morgan fingerprint density at radius 3 is 2.73 bits per heavy atom. The van der Waals surface area contributed by atoms with E-state index in [-0.39, 0.29) is 43.5 Å². The number of aromatic nitrogens is 3. The van der Waals surface area contributed by atoms with Gasteiger partial charge in [-0.2, -0.15) is 10.2 Å². The molecule has 2 fully saturated rings. The standard InChI is InChI=1S/C28H30FN7O5/c29-23-14-36(26(39)16-38)8-7-25(23)41-24-6-1-18(11-19(24)12-30)27-31-17-32-28(34-27)33-20-2-4-21(5-3-20)35-9-10-40-22(13-35)15-37/h1-6,11,17,22-23,25,37-38H,7-10,13-16H2,(H,31,32,33,34)/t22-,23+,25+/m1/s1. The first kappa shape index (κ1) is 28.2. The second kappa shape index (κ2) is 12.9. The van der Waals surface area contributed by atoms with Crippen molar-refractivity contribution in [1.29, 1.82) is 5.26 Å². The summed E-state index contributed by atoms with van der Waals surface area (Å²) in [6, 6.07) is 14.7. The lowest BCUT2D eigenvalue weighted by Gasteiger charge is -2.34. The highest BCUT2D eigenvalue weighted by Crippen LogP contribution is 2.29. The number of hydrogen-bond acceptors (Lipinski definition) is 11. The van der Waals surface area contributed by atoms with Gasteiger partial charge in [0.25, 0.3) is 0 Å². The van der Waals surface area contributed by atoms with Crippen LogP contribution in [-0.4, -0.2) is 100 Å². The Bertz CT molecular complexity index is 1400. The number of nitriles is 1. The van der Waals surface area contributed by atoms with E-state index in [2.05, 4.69) is 31.2 Å². The van der Waals surface area contributed by atoms with Crippen LogP contribution in [0.5, 0.6) is 5.75 Å².